The number of aryl methyl sites for hydroxylation is 1. The van der Waals surface area contributed by atoms with Gasteiger partial charge in [-0.05, 0) is 52.0 Å². The first kappa shape index (κ1) is 18.0. The lowest BCUT2D eigenvalue weighted by Gasteiger charge is -2.27. The Morgan fingerprint density at radius 2 is 2.16 bits per heavy atom. The molecule has 2 aromatic rings. The van der Waals surface area contributed by atoms with E-state index in [4.69, 9.17) is 16.3 Å². The predicted octanol–water partition coefficient (Wildman–Crippen LogP) is 4.12. The largest absolute Gasteiger partial charge is 0.444 e. The Morgan fingerprint density at radius 3 is 2.84 bits per heavy atom. The summed E-state index contributed by atoms with van der Waals surface area (Å²) >= 11 is 6.19. The molecule has 0 N–H and O–H groups in total. The van der Waals surface area contributed by atoms with Gasteiger partial charge in [0.15, 0.2) is 5.15 Å². The fourth-order valence-corrected chi connectivity index (χ4v) is 3.04. The van der Waals surface area contributed by atoms with Crippen LogP contribution in [0.5, 0.6) is 0 Å². The fraction of sp³-hybridized carbons (Fsp3) is 0.611. The number of imidazole rings is 1. The van der Waals surface area contributed by atoms with E-state index in [0.717, 1.165) is 30.5 Å². The molecule has 3 rings (SSSR count). The lowest BCUT2D eigenvalue weighted by Crippen LogP contribution is -2.38. The monoisotopic (exact) mass is 364 g/mol. The highest BCUT2D eigenvalue weighted by Gasteiger charge is 2.29. The Morgan fingerprint density at radius 1 is 1.40 bits per heavy atom. The number of halogens is 1. The highest BCUT2D eigenvalue weighted by molar-refractivity contribution is 6.33. The molecule has 0 atom stereocenters. The second kappa shape index (κ2) is 7.20. The number of ether oxygens (including phenoxy) is 1. The van der Waals surface area contributed by atoms with Crippen LogP contribution in [0.1, 0.15) is 40.0 Å². The summed E-state index contributed by atoms with van der Waals surface area (Å²) < 4.78 is 7.54. The number of nitrogens with zero attached hydrogens (tertiary/aromatic N) is 4. The number of aromatic nitrogens is 3. The lowest BCUT2D eigenvalue weighted by molar-refractivity contribution is 0.0237. The van der Waals surface area contributed by atoms with Gasteiger partial charge in [-0.15, -0.1) is 0 Å². The van der Waals surface area contributed by atoms with Gasteiger partial charge in [-0.2, -0.15) is 0 Å². The van der Waals surface area contributed by atoms with Gasteiger partial charge in [-0.3, -0.25) is 0 Å². The third-order valence-corrected chi connectivity index (χ3v) is 4.41. The van der Waals surface area contributed by atoms with Crippen molar-refractivity contribution in [2.24, 2.45) is 5.92 Å². The normalized spacial score (nSPS) is 14.7. The van der Waals surface area contributed by atoms with Crippen LogP contribution in [0.2, 0.25) is 5.15 Å². The van der Waals surface area contributed by atoms with Crippen molar-refractivity contribution >= 4 is 28.7 Å². The summed E-state index contributed by atoms with van der Waals surface area (Å²) in [5.41, 5.74) is 1.20. The van der Waals surface area contributed by atoms with Gasteiger partial charge < -0.3 is 14.2 Å². The number of carbonyl (C=O) groups excluding carboxylic acids is 1. The molecule has 0 saturated heterocycles. The third-order valence-electron chi connectivity index (χ3n) is 4.14. The van der Waals surface area contributed by atoms with Gasteiger partial charge in [0.25, 0.3) is 0 Å². The van der Waals surface area contributed by atoms with Crippen LogP contribution in [-0.2, 0) is 11.3 Å². The Balaban J connectivity index is 1.61. The number of pyridine rings is 1. The molecule has 7 heteroatoms. The van der Waals surface area contributed by atoms with E-state index in [1.165, 1.54) is 12.8 Å². The van der Waals surface area contributed by atoms with Crippen LogP contribution in [0.3, 0.4) is 0 Å². The van der Waals surface area contributed by atoms with Gasteiger partial charge >= 0.3 is 6.09 Å². The van der Waals surface area contributed by atoms with Crippen molar-refractivity contribution in [2.45, 2.75) is 52.2 Å². The van der Waals surface area contributed by atoms with Crippen LogP contribution in [0.15, 0.2) is 18.6 Å². The maximum Gasteiger partial charge on any atom is 0.410 e. The second-order valence-electron chi connectivity index (χ2n) is 7.63. The molecule has 0 bridgehead atoms. The number of amides is 1. The zero-order chi connectivity index (χ0) is 18.0. The molecule has 6 nitrogen and oxygen atoms in total. The highest BCUT2D eigenvalue weighted by atomic mass is 35.5. The first-order chi connectivity index (χ1) is 11.8. The third kappa shape index (κ3) is 4.84. The van der Waals surface area contributed by atoms with Crippen molar-refractivity contribution in [1.82, 2.24) is 19.4 Å². The van der Waals surface area contributed by atoms with Crippen LogP contribution >= 0.6 is 11.6 Å². The van der Waals surface area contributed by atoms with E-state index in [0.29, 0.717) is 17.6 Å². The first-order valence-corrected chi connectivity index (χ1v) is 9.14. The molecule has 0 aromatic carbocycles. The molecular formula is C18H25ClN4O2. The second-order valence-corrected chi connectivity index (χ2v) is 7.99. The molecule has 2 aromatic heterocycles. The molecule has 0 spiro atoms. The van der Waals surface area contributed by atoms with Crippen molar-refractivity contribution in [1.29, 1.82) is 0 Å². The maximum atomic E-state index is 12.4. The summed E-state index contributed by atoms with van der Waals surface area (Å²) in [6.45, 7) is 7.85. The van der Waals surface area contributed by atoms with Crippen molar-refractivity contribution in [3.63, 3.8) is 0 Å². The smallest absolute Gasteiger partial charge is 0.410 e. The molecule has 1 amide bonds. The molecule has 25 heavy (non-hydrogen) atoms. The number of fused-ring (bicyclic) bond motifs is 1. The first-order valence-electron chi connectivity index (χ1n) is 8.77. The van der Waals surface area contributed by atoms with Gasteiger partial charge in [0.1, 0.15) is 11.1 Å². The zero-order valence-corrected chi connectivity index (χ0v) is 15.8. The summed E-state index contributed by atoms with van der Waals surface area (Å²) in [5.74, 6) is 0.625. The molecule has 0 unspecified atom stereocenters. The SMILES string of the molecule is CC(C)(C)OC(=O)N(CCCn1cnc2ccnc(Cl)c21)CC1CC1. The molecule has 1 saturated carbocycles. The predicted molar refractivity (Wildman–Crippen MR) is 97.7 cm³/mol. The molecule has 1 aliphatic rings. The average molecular weight is 365 g/mol. The molecule has 0 radical (unpaired) electrons. The Bertz CT molecular complexity index is 749. The van der Waals surface area contributed by atoms with E-state index in [-0.39, 0.29) is 6.09 Å². The summed E-state index contributed by atoms with van der Waals surface area (Å²) in [5, 5.41) is 0.456. The molecule has 1 fully saturated rings. The Labute approximate surface area is 153 Å². The van der Waals surface area contributed by atoms with E-state index in [1.807, 2.05) is 36.3 Å². The van der Waals surface area contributed by atoms with Gasteiger partial charge in [-0.25, -0.2) is 14.8 Å². The quantitative estimate of drug-likeness (QED) is 0.723. The minimum atomic E-state index is -0.474. The van der Waals surface area contributed by atoms with E-state index in [1.54, 1.807) is 12.5 Å². The van der Waals surface area contributed by atoms with Crippen LogP contribution in [0.4, 0.5) is 4.79 Å². The van der Waals surface area contributed by atoms with Crippen molar-refractivity contribution in [3.05, 3.63) is 23.7 Å². The fourth-order valence-electron chi connectivity index (χ4n) is 2.78. The van der Waals surface area contributed by atoms with Gasteiger partial charge in [0.2, 0.25) is 0 Å². The molecule has 1 aliphatic carbocycles. The van der Waals surface area contributed by atoms with E-state index in [2.05, 4.69) is 9.97 Å². The maximum absolute atomic E-state index is 12.4. The van der Waals surface area contributed by atoms with Crippen molar-refractivity contribution in [2.75, 3.05) is 13.1 Å². The minimum absolute atomic E-state index is 0.227. The number of hydrogen-bond acceptors (Lipinski definition) is 4. The molecule has 0 aliphatic heterocycles. The van der Waals surface area contributed by atoms with E-state index >= 15 is 0 Å². The molecule has 136 valence electrons. The van der Waals surface area contributed by atoms with Crippen LogP contribution < -0.4 is 0 Å². The van der Waals surface area contributed by atoms with Crippen LogP contribution in [0, 0.1) is 5.92 Å². The van der Waals surface area contributed by atoms with E-state index < -0.39 is 5.60 Å². The Hall–Kier alpha value is -1.82. The number of hydrogen-bond donors (Lipinski definition) is 0. The lowest BCUT2D eigenvalue weighted by atomic mass is 10.2. The summed E-state index contributed by atoms with van der Waals surface area (Å²) in [6, 6.07) is 1.85. The van der Waals surface area contributed by atoms with E-state index in [9.17, 15) is 4.79 Å². The summed E-state index contributed by atoms with van der Waals surface area (Å²) in [7, 11) is 0. The van der Waals surface area contributed by atoms with Crippen molar-refractivity contribution < 1.29 is 9.53 Å². The molecular weight excluding hydrogens is 340 g/mol. The van der Waals surface area contributed by atoms with Crippen molar-refractivity contribution in [3.8, 4) is 0 Å². The topological polar surface area (TPSA) is 60.2 Å². The highest BCUT2D eigenvalue weighted by Crippen LogP contribution is 2.30. The summed E-state index contributed by atoms with van der Waals surface area (Å²) in [4.78, 5) is 22.7. The Kier molecular flexibility index (Phi) is 5.18. The standard InChI is InChI=1S/C18H25ClN4O2/c1-18(2,3)25-17(24)22(11-13-5-6-13)9-4-10-23-12-21-14-7-8-20-16(19)15(14)23/h7-8,12-13H,4-6,9-11H2,1-3H3. The number of rotatable bonds is 6. The van der Waals surface area contributed by atoms with Crippen LogP contribution in [0.25, 0.3) is 11.0 Å². The van der Waals surface area contributed by atoms with Gasteiger partial charge in [0.05, 0.1) is 11.8 Å². The van der Waals surface area contributed by atoms with Gasteiger partial charge in [-0.1, -0.05) is 11.6 Å². The van der Waals surface area contributed by atoms with Crippen LogP contribution in [-0.4, -0.2) is 44.2 Å². The summed E-state index contributed by atoms with van der Waals surface area (Å²) in [6.07, 6.45) is 6.41. The average Bonchev–Trinajstić information content (AvgIpc) is 3.23. The van der Waals surface area contributed by atoms with Gasteiger partial charge in [0, 0.05) is 25.8 Å². The number of carbonyl (C=O) groups is 1. The zero-order valence-electron chi connectivity index (χ0n) is 15.0. The minimum Gasteiger partial charge on any atom is -0.444 e. The molecule has 2 heterocycles.